The van der Waals surface area contributed by atoms with Crippen LogP contribution < -0.4 is 5.73 Å². The summed E-state index contributed by atoms with van der Waals surface area (Å²) < 4.78 is 5.47. The van der Waals surface area contributed by atoms with Crippen LogP contribution in [0.4, 0.5) is 5.69 Å². The number of nitrogens with two attached hydrogens (primary N) is 1. The predicted octanol–water partition coefficient (Wildman–Crippen LogP) is 0.831. The predicted molar refractivity (Wildman–Crippen MR) is 75.2 cm³/mol. The second kappa shape index (κ2) is 6.33. The molecule has 2 unspecified atom stereocenters. The molecule has 2 N–H and O–H groups in total. The van der Waals surface area contributed by atoms with Crippen molar-refractivity contribution in [3.8, 4) is 0 Å². The standard InChI is InChI=1S/C12H15ClN4O4/c1-7(14)10-6-16(2-3-21-10)12(18)8-4-11(13)15-5-9(8)17(19)20/h4-5,7,10H,2-3,6,14H2,1H3. The third-order valence-corrected chi connectivity index (χ3v) is 3.45. The Labute approximate surface area is 126 Å². The first-order chi connectivity index (χ1) is 9.90. The molecule has 1 aliphatic rings. The molecule has 0 spiro atoms. The second-order valence-electron chi connectivity index (χ2n) is 4.80. The average Bonchev–Trinajstić information content (AvgIpc) is 2.46. The van der Waals surface area contributed by atoms with Gasteiger partial charge in [-0.25, -0.2) is 4.98 Å². The Morgan fingerprint density at radius 3 is 3.05 bits per heavy atom. The Bertz CT molecular complexity index is 566. The summed E-state index contributed by atoms with van der Waals surface area (Å²) in [4.78, 5) is 28.0. The van der Waals surface area contributed by atoms with Crippen LogP contribution in [0, 0.1) is 10.1 Å². The van der Waals surface area contributed by atoms with Crippen molar-refractivity contribution in [1.82, 2.24) is 9.88 Å². The minimum absolute atomic E-state index is 0.0287. The number of carbonyl (C=O) groups excluding carboxylic acids is 1. The summed E-state index contributed by atoms with van der Waals surface area (Å²) in [5.41, 5.74) is 5.32. The lowest BCUT2D eigenvalue weighted by Gasteiger charge is -2.34. The number of carbonyl (C=O) groups is 1. The number of hydrogen-bond acceptors (Lipinski definition) is 6. The summed E-state index contributed by atoms with van der Waals surface area (Å²) in [6.45, 7) is 2.75. The highest BCUT2D eigenvalue weighted by Crippen LogP contribution is 2.23. The third-order valence-electron chi connectivity index (χ3n) is 3.24. The van der Waals surface area contributed by atoms with Gasteiger partial charge in [-0.3, -0.25) is 14.9 Å². The maximum absolute atomic E-state index is 12.5. The van der Waals surface area contributed by atoms with Gasteiger partial charge in [-0.1, -0.05) is 11.6 Å². The number of hydrogen-bond donors (Lipinski definition) is 1. The van der Waals surface area contributed by atoms with E-state index >= 15 is 0 Å². The summed E-state index contributed by atoms with van der Waals surface area (Å²) >= 11 is 5.73. The number of halogens is 1. The Kier molecular flexibility index (Phi) is 4.71. The maximum Gasteiger partial charge on any atom is 0.300 e. The molecule has 0 radical (unpaired) electrons. The lowest BCUT2D eigenvalue weighted by atomic mass is 10.1. The zero-order chi connectivity index (χ0) is 15.6. The van der Waals surface area contributed by atoms with E-state index in [1.165, 1.54) is 11.0 Å². The molecule has 2 atom stereocenters. The molecule has 1 saturated heterocycles. The van der Waals surface area contributed by atoms with Gasteiger partial charge in [0.15, 0.2) is 0 Å². The van der Waals surface area contributed by atoms with Crippen LogP contribution in [0.5, 0.6) is 0 Å². The summed E-state index contributed by atoms with van der Waals surface area (Å²) in [7, 11) is 0. The topological polar surface area (TPSA) is 112 Å². The molecule has 2 rings (SSSR count). The van der Waals surface area contributed by atoms with Crippen LogP contribution in [0.25, 0.3) is 0 Å². The molecule has 0 aromatic carbocycles. The monoisotopic (exact) mass is 314 g/mol. The Balaban J connectivity index is 2.27. The molecule has 1 amide bonds. The van der Waals surface area contributed by atoms with Gasteiger partial charge in [0, 0.05) is 19.1 Å². The normalized spacial score (nSPS) is 20.1. The smallest absolute Gasteiger partial charge is 0.300 e. The van der Waals surface area contributed by atoms with Crippen molar-refractivity contribution in [2.75, 3.05) is 19.7 Å². The van der Waals surface area contributed by atoms with Gasteiger partial charge in [0.25, 0.3) is 11.6 Å². The molecule has 1 aromatic heterocycles. The summed E-state index contributed by atoms with van der Waals surface area (Å²) in [6.07, 6.45) is 0.693. The molecule has 21 heavy (non-hydrogen) atoms. The van der Waals surface area contributed by atoms with Gasteiger partial charge >= 0.3 is 0 Å². The van der Waals surface area contributed by atoms with E-state index in [1.807, 2.05) is 0 Å². The first-order valence-electron chi connectivity index (χ1n) is 6.36. The van der Waals surface area contributed by atoms with Crippen molar-refractivity contribution in [3.05, 3.63) is 33.1 Å². The molecule has 1 aromatic rings. The van der Waals surface area contributed by atoms with Crippen LogP contribution in [0.3, 0.4) is 0 Å². The molecular formula is C12H15ClN4O4. The van der Waals surface area contributed by atoms with Crippen molar-refractivity contribution in [2.24, 2.45) is 5.73 Å². The fourth-order valence-corrected chi connectivity index (χ4v) is 2.25. The first kappa shape index (κ1) is 15.6. The zero-order valence-electron chi connectivity index (χ0n) is 11.4. The molecule has 1 aliphatic heterocycles. The molecular weight excluding hydrogens is 300 g/mol. The van der Waals surface area contributed by atoms with Crippen molar-refractivity contribution < 1.29 is 14.5 Å². The van der Waals surface area contributed by atoms with Gasteiger partial charge in [-0.05, 0) is 13.0 Å². The highest BCUT2D eigenvalue weighted by atomic mass is 35.5. The molecule has 0 saturated carbocycles. The fourth-order valence-electron chi connectivity index (χ4n) is 2.09. The fraction of sp³-hybridized carbons (Fsp3) is 0.500. The lowest BCUT2D eigenvalue weighted by Crippen LogP contribution is -2.51. The van der Waals surface area contributed by atoms with Crippen LogP contribution in [-0.4, -0.2) is 52.6 Å². The Hall–Kier alpha value is -1.77. The zero-order valence-corrected chi connectivity index (χ0v) is 12.1. The van der Waals surface area contributed by atoms with E-state index in [1.54, 1.807) is 6.92 Å². The number of pyridine rings is 1. The van der Waals surface area contributed by atoms with Crippen LogP contribution in [0.15, 0.2) is 12.3 Å². The minimum Gasteiger partial charge on any atom is -0.373 e. The van der Waals surface area contributed by atoms with Gasteiger partial charge in [-0.2, -0.15) is 0 Å². The van der Waals surface area contributed by atoms with Crippen molar-refractivity contribution >= 4 is 23.2 Å². The second-order valence-corrected chi connectivity index (χ2v) is 5.19. The van der Waals surface area contributed by atoms with E-state index in [9.17, 15) is 14.9 Å². The molecule has 2 heterocycles. The van der Waals surface area contributed by atoms with Crippen LogP contribution in [0.2, 0.25) is 5.15 Å². The van der Waals surface area contributed by atoms with E-state index in [4.69, 9.17) is 22.1 Å². The number of nitrogens with zero attached hydrogens (tertiary/aromatic N) is 3. The summed E-state index contributed by atoms with van der Waals surface area (Å²) in [5, 5.41) is 11.0. The molecule has 0 bridgehead atoms. The molecule has 9 heteroatoms. The van der Waals surface area contributed by atoms with Gasteiger partial charge in [0.05, 0.1) is 17.6 Å². The van der Waals surface area contributed by atoms with Crippen LogP contribution >= 0.6 is 11.6 Å². The SMILES string of the molecule is CC(N)C1CN(C(=O)c2cc(Cl)ncc2[N+](=O)[O-])CCO1. The highest BCUT2D eigenvalue weighted by molar-refractivity contribution is 6.29. The van der Waals surface area contributed by atoms with Gasteiger partial charge in [0.2, 0.25) is 0 Å². The van der Waals surface area contributed by atoms with Crippen molar-refractivity contribution in [2.45, 2.75) is 19.1 Å². The number of rotatable bonds is 3. The van der Waals surface area contributed by atoms with Gasteiger partial charge in [-0.15, -0.1) is 0 Å². The maximum atomic E-state index is 12.5. The lowest BCUT2D eigenvalue weighted by molar-refractivity contribution is -0.385. The van der Waals surface area contributed by atoms with Gasteiger partial charge < -0.3 is 15.4 Å². The molecule has 1 fully saturated rings. The van der Waals surface area contributed by atoms with E-state index in [2.05, 4.69) is 4.98 Å². The van der Waals surface area contributed by atoms with Gasteiger partial charge in [0.1, 0.15) is 16.9 Å². The number of nitro groups is 1. The van der Waals surface area contributed by atoms with E-state index in [-0.39, 0.29) is 35.1 Å². The highest BCUT2D eigenvalue weighted by Gasteiger charge is 2.31. The van der Waals surface area contributed by atoms with Crippen molar-refractivity contribution in [3.63, 3.8) is 0 Å². The van der Waals surface area contributed by atoms with E-state index in [0.29, 0.717) is 13.2 Å². The quantitative estimate of drug-likeness (QED) is 0.502. The summed E-state index contributed by atoms with van der Waals surface area (Å²) in [5.74, 6) is -0.472. The first-order valence-corrected chi connectivity index (χ1v) is 6.74. The summed E-state index contributed by atoms with van der Waals surface area (Å²) in [6, 6.07) is 0.967. The Morgan fingerprint density at radius 2 is 2.43 bits per heavy atom. The number of amides is 1. The largest absolute Gasteiger partial charge is 0.373 e. The van der Waals surface area contributed by atoms with E-state index in [0.717, 1.165) is 6.20 Å². The molecule has 8 nitrogen and oxygen atoms in total. The molecule has 114 valence electrons. The molecule has 0 aliphatic carbocycles. The average molecular weight is 315 g/mol. The number of aromatic nitrogens is 1. The minimum atomic E-state index is -0.653. The van der Waals surface area contributed by atoms with Crippen LogP contribution in [0.1, 0.15) is 17.3 Å². The third kappa shape index (κ3) is 3.46. The van der Waals surface area contributed by atoms with Crippen LogP contribution in [-0.2, 0) is 4.74 Å². The van der Waals surface area contributed by atoms with Crippen molar-refractivity contribution in [1.29, 1.82) is 0 Å². The Morgan fingerprint density at radius 1 is 1.71 bits per heavy atom. The van der Waals surface area contributed by atoms with E-state index < -0.39 is 10.8 Å². The number of ether oxygens (including phenoxy) is 1. The number of morpholine rings is 1.